The highest BCUT2D eigenvalue weighted by Gasteiger charge is 2.09. The van der Waals surface area contributed by atoms with E-state index in [1.807, 2.05) is 28.8 Å². The lowest BCUT2D eigenvalue weighted by Gasteiger charge is -2.07. The number of rotatable bonds is 3. The minimum atomic E-state index is 0.601. The van der Waals surface area contributed by atoms with Crippen LogP contribution in [0.4, 0.5) is 0 Å². The van der Waals surface area contributed by atoms with E-state index in [1.54, 1.807) is 12.4 Å². The van der Waals surface area contributed by atoms with E-state index >= 15 is 0 Å². The number of halogens is 1. The number of hydrogen-bond acceptors (Lipinski definition) is 3. The molecule has 4 nitrogen and oxygen atoms in total. The topological polar surface area (TPSA) is 46.5 Å². The number of nitrogens with one attached hydrogen (secondary N) is 1. The summed E-state index contributed by atoms with van der Waals surface area (Å²) in [5.41, 5.74) is 2.09. The number of benzene rings is 1. The molecule has 0 aliphatic heterocycles. The highest BCUT2D eigenvalue weighted by atomic mass is 79.9. The second kappa shape index (κ2) is 5.68. The Morgan fingerprint density at radius 1 is 1.25 bits per heavy atom. The van der Waals surface area contributed by atoms with Gasteiger partial charge in [-0.05, 0) is 42.0 Å². The third kappa shape index (κ3) is 2.71. The van der Waals surface area contributed by atoms with Crippen LogP contribution in [0.2, 0.25) is 0 Å². The van der Waals surface area contributed by atoms with E-state index in [0.717, 1.165) is 21.4 Å². The first kappa shape index (κ1) is 13.2. The average Bonchev–Trinajstić information content (AvgIpc) is 2.81. The van der Waals surface area contributed by atoms with Crippen LogP contribution >= 0.6 is 28.1 Å². The molecular formula is C14H11BrN4S. The molecule has 3 aromatic rings. The molecule has 0 spiro atoms. The molecule has 0 saturated carbocycles. The number of hydrogen-bond donors (Lipinski definition) is 1. The molecule has 3 rings (SSSR count). The predicted octanol–water partition coefficient (Wildman–Crippen LogP) is 3.81. The van der Waals surface area contributed by atoms with Gasteiger partial charge in [-0.1, -0.05) is 28.1 Å². The molecule has 1 N–H and O–H groups in total. The molecule has 100 valence electrons. The monoisotopic (exact) mass is 346 g/mol. The Hall–Kier alpha value is -1.79. The molecule has 6 heteroatoms. The van der Waals surface area contributed by atoms with Crippen LogP contribution in [-0.2, 0) is 6.54 Å². The van der Waals surface area contributed by atoms with E-state index in [0.29, 0.717) is 11.3 Å². The lowest BCUT2D eigenvalue weighted by Crippen LogP contribution is -2.02. The lowest BCUT2D eigenvalue weighted by atomic mass is 10.2. The van der Waals surface area contributed by atoms with E-state index in [1.165, 1.54) is 0 Å². The fourth-order valence-electron chi connectivity index (χ4n) is 2.00. The number of aromatic nitrogens is 4. The minimum Gasteiger partial charge on any atom is -0.296 e. The molecule has 1 aromatic carbocycles. The van der Waals surface area contributed by atoms with Gasteiger partial charge in [-0.25, -0.2) is 0 Å². The first-order valence-corrected chi connectivity index (χ1v) is 7.24. The number of H-pyrrole nitrogens is 1. The van der Waals surface area contributed by atoms with Gasteiger partial charge in [-0.15, -0.1) is 0 Å². The Kier molecular flexibility index (Phi) is 3.75. The van der Waals surface area contributed by atoms with Crippen LogP contribution in [0.3, 0.4) is 0 Å². The first-order chi connectivity index (χ1) is 9.74. The van der Waals surface area contributed by atoms with Gasteiger partial charge in [-0.2, -0.15) is 5.10 Å². The fraction of sp³-hybridized carbons (Fsp3) is 0.0714. The first-order valence-electron chi connectivity index (χ1n) is 6.04. The molecule has 2 aromatic heterocycles. The van der Waals surface area contributed by atoms with Gasteiger partial charge in [0.1, 0.15) is 0 Å². The molecule has 0 saturated heterocycles. The van der Waals surface area contributed by atoms with Crippen LogP contribution in [0.15, 0.2) is 53.3 Å². The van der Waals surface area contributed by atoms with Crippen LogP contribution in [0.1, 0.15) is 5.56 Å². The maximum Gasteiger partial charge on any atom is 0.195 e. The van der Waals surface area contributed by atoms with Crippen molar-refractivity contribution in [3.63, 3.8) is 0 Å². The summed E-state index contributed by atoms with van der Waals surface area (Å²) in [6, 6.07) is 12.0. The zero-order valence-corrected chi connectivity index (χ0v) is 12.9. The normalized spacial score (nSPS) is 10.7. The van der Waals surface area contributed by atoms with Gasteiger partial charge >= 0.3 is 0 Å². The smallest absolute Gasteiger partial charge is 0.195 e. The molecule has 0 aliphatic rings. The molecule has 0 aliphatic carbocycles. The summed E-state index contributed by atoms with van der Waals surface area (Å²) >= 11 is 8.80. The summed E-state index contributed by atoms with van der Waals surface area (Å²) in [6.07, 6.45) is 3.52. The molecule has 0 fully saturated rings. The zero-order chi connectivity index (χ0) is 13.9. The van der Waals surface area contributed by atoms with E-state index < -0.39 is 0 Å². The van der Waals surface area contributed by atoms with E-state index in [4.69, 9.17) is 12.2 Å². The van der Waals surface area contributed by atoms with Crippen molar-refractivity contribution in [3.05, 3.63) is 63.6 Å². The van der Waals surface area contributed by atoms with Crippen LogP contribution in [0.25, 0.3) is 11.4 Å². The van der Waals surface area contributed by atoms with Crippen LogP contribution in [0, 0.1) is 4.77 Å². The van der Waals surface area contributed by atoms with Gasteiger partial charge in [0, 0.05) is 22.4 Å². The maximum atomic E-state index is 5.32. The highest BCUT2D eigenvalue weighted by Crippen LogP contribution is 2.18. The highest BCUT2D eigenvalue weighted by molar-refractivity contribution is 9.10. The standard InChI is InChI=1S/C14H11BrN4S/c15-12-5-1-3-10(7-12)9-19-13(17-18-14(19)20)11-4-2-6-16-8-11/h1-8H,9H2,(H,18,20). The Bertz CT molecular complexity index is 779. The van der Waals surface area contributed by atoms with Crippen molar-refractivity contribution in [2.45, 2.75) is 6.54 Å². The zero-order valence-electron chi connectivity index (χ0n) is 10.5. The van der Waals surface area contributed by atoms with Gasteiger partial charge in [0.2, 0.25) is 0 Å². The summed E-state index contributed by atoms with van der Waals surface area (Å²) in [7, 11) is 0. The number of pyridine rings is 1. The molecule has 0 atom stereocenters. The van der Waals surface area contributed by atoms with Crippen LogP contribution < -0.4 is 0 Å². The minimum absolute atomic E-state index is 0.601. The summed E-state index contributed by atoms with van der Waals surface area (Å²) in [5, 5.41) is 7.15. The number of aromatic amines is 1. The molecule has 2 heterocycles. The van der Waals surface area contributed by atoms with Gasteiger partial charge in [0.05, 0.1) is 6.54 Å². The Balaban J connectivity index is 2.02. The fourth-order valence-corrected chi connectivity index (χ4v) is 2.64. The second-order valence-electron chi connectivity index (χ2n) is 4.31. The van der Waals surface area contributed by atoms with Gasteiger partial charge in [0.25, 0.3) is 0 Å². The summed E-state index contributed by atoms with van der Waals surface area (Å²) in [6.45, 7) is 0.666. The SMILES string of the molecule is S=c1[nH]nc(-c2cccnc2)n1Cc1cccc(Br)c1. The van der Waals surface area contributed by atoms with Crippen molar-refractivity contribution in [1.29, 1.82) is 0 Å². The molecular weight excluding hydrogens is 336 g/mol. The Labute approximate surface area is 129 Å². The molecule has 20 heavy (non-hydrogen) atoms. The Morgan fingerprint density at radius 3 is 2.90 bits per heavy atom. The number of nitrogens with zero attached hydrogens (tertiary/aromatic N) is 3. The lowest BCUT2D eigenvalue weighted by molar-refractivity contribution is 0.789. The summed E-state index contributed by atoms with van der Waals surface area (Å²) < 4.78 is 3.62. The van der Waals surface area contributed by atoms with Crippen molar-refractivity contribution < 1.29 is 0 Å². The van der Waals surface area contributed by atoms with Crippen molar-refractivity contribution in [3.8, 4) is 11.4 Å². The largest absolute Gasteiger partial charge is 0.296 e. The van der Waals surface area contributed by atoms with E-state index in [2.05, 4.69) is 43.2 Å². The molecule has 0 radical (unpaired) electrons. The molecule has 0 amide bonds. The van der Waals surface area contributed by atoms with Gasteiger partial charge < -0.3 is 0 Å². The van der Waals surface area contributed by atoms with Crippen molar-refractivity contribution >= 4 is 28.1 Å². The van der Waals surface area contributed by atoms with Crippen LogP contribution in [0.5, 0.6) is 0 Å². The maximum absolute atomic E-state index is 5.32. The van der Waals surface area contributed by atoms with E-state index in [-0.39, 0.29) is 0 Å². The third-order valence-electron chi connectivity index (χ3n) is 2.91. The summed E-state index contributed by atoms with van der Waals surface area (Å²) in [5.74, 6) is 0.795. The van der Waals surface area contributed by atoms with Crippen molar-refractivity contribution in [2.24, 2.45) is 0 Å². The predicted molar refractivity (Wildman–Crippen MR) is 83.9 cm³/mol. The molecule has 0 bridgehead atoms. The van der Waals surface area contributed by atoms with Crippen molar-refractivity contribution in [2.75, 3.05) is 0 Å². The van der Waals surface area contributed by atoms with E-state index in [9.17, 15) is 0 Å². The van der Waals surface area contributed by atoms with Gasteiger partial charge in [0.15, 0.2) is 10.6 Å². The Morgan fingerprint density at radius 2 is 2.15 bits per heavy atom. The van der Waals surface area contributed by atoms with Gasteiger partial charge in [-0.3, -0.25) is 14.6 Å². The van der Waals surface area contributed by atoms with Crippen LogP contribution in [-0.4, -0.2) is 19.7 Å². The summed E-state index contributed by atoms with van der Waals surface area (Å²) in [4.78, 5) is 4.12. The quantitative estimate of drug-likeness (QED) is 0.733. The average molecular weight is 347 g/mol. The molecule has 0 unspecified atom stereocenters. The third-order valence-corrected chi connectivity index (χ3v) is 3.71. The van der Waals surface area contributed by atoms with Crippen molar-refractivity contribution in [1.82, 2.24) is 19.7 Å². The second-order valence-corrected chi connectivity index (χ2v) is 5.61.